The Kier molecular flexibility index (Phi) is 6.82. The summed E-state index contributed by atoms with van der Waals surface area (Å²) in [6.45, 7) is 7.55. The van der Waals surface area contributed by atoms with E-state index in [1.54, 1.807) is 5.38 Å². The van der Waals surface area contributed by atoms with Crippen LogP contribution in [0.25, 0.3) is 10.6 Å². The number of ether oxygens (including phenoxy) is 1. The van der Waals surface area contributed by atoms with Gasteiger partial charge in [-0.15, -0.1) is 11.3 Å². The van der Waals surface area contributed by atoms with Gasteiger partial charge in [-0.3, -0.25) is 4.79 Å². The van der Waals surface area contributed by atoms with Gasteiger partial charge in [0.05, 0.1) is 0 Å². The van der Waals surface area contributed by atoms with E-state index in [4.69, 9.17) is 4.74 Å². The van der Waals surface area contributed by atoms with E-state index in [2.05, 4.69) is 49.3 Å². The van der Waals surface area contributed by atoms with E-state index in [9.17, 15) is 4.79 Å². The molecule has 1 N–H and O–H groups in total. The number of rotatable bonds is 8. The molecule has 146 valence electrons. The summed E-state index contributed by atoms with van der Waals surface area (Å²) in [7, 11) is 0. The SMILES string of the molecule is Cc1cccc(COc2cccc(-c3nc(C(=O)NCCC(C)C)cs3)c2)c1. The quantitative estimate of drug-likeness (QED) is 0.551. The number of hydrogen-bond donors (Lipinski definition) is 1. The summed E-state index contributed by atoms with van der Waals surface area (Å²) in [5.74, 6) is 1.24. The van der Waals surface area contributed by atoms with Crippen molar-refractivity contribution in [2.45, 2.75) is 33.8 Å². The maximum Gasteiger partial charge on any atom is 0.270 e. The second-order valence-corrected chi connectivity index (χ2v) is 8.14. The lowest BCUT2D eigenvalue weighted by molar-refractivity contribution is 0.0948. The van der Waals surface area contributed by atoms with Gasteiger partial charge in [0.2, 0.25) is 0 Å². The minimum Gasteiger partial charge on any atom is -0.489 e. The zero-order chi connectivity index (χ0) is 19.9. The highest BCUT2D eigenvalue weighted by molar-refractivity contribution is 7.13. The van der Waals surface area contributed by atoms with E-state index < -0.39 is 0 Å². The van der Waals surface area contributed by atoms with Crippen LogP contribution in [0.1, 0.15) is 41.9 Å². The van der Waals surface area contributed by atoms with Gasteiger partial charge < -0.3 is 10.1 Å². The van der Waals surface area contributed by atoms with Gasteiger partial charge >= 0.3 is 0 Å². The molecular weight excluding hydrogens is 368 g/mol. The third-order valence-electron chi connectivity index (χ3n) is 4.31. The molecule has 0 spiro atoms. The summed E-state index contributed by atoms with van der Waals surface area (Å²) in [5, 5.41) is 5.55. The molecule has 3 aromatic rings. The molecule has 28 heavy (non-hydrogen) atoms. The molecule has 4 nitrogen and oxygen atoms in total. The molecule has 0 aliphatic heterocycles. The van der Waals surface area contributed by atoms with Gasteiger partial charge in [-0.05, 0) is 37.0 Å². The van der Waals surface area contributed by atoms with E-state index in [0.29, 0.717) is 24.8 Å². The molecule has 3 rings (SSSR count). The Morgan fingerprint density at radius 3 is 2.79 bits per heavy atom. The first-order valence-corrected chi connectivity index (χ1v) is 10.4. The van der Waals surface area contributed by atoms with Crippen molar-refractivity contribution in [3.05, 3.63) is 70.7 Å². The Balaban J connectivity index is 1.63. The first-order valence-electron chi connectivity index (χ1n) is 9.54. The van der Waals surface area contributed by atoms with Gasteiger partial charge in [0.1, 0.15) is 23.1 Å². The number of hydrogen-bond acceptors (Lipinski definition) is 4. The van der Waals surface area contributed by atoms with Crippen LogP contribution in [0.3, 0.4) is 0 Å². The van der Waals surface area contributed by atoms with Gasteiger partial charge in [-0.25, -0.2) is 4.98 Å². The number of nitrogens with zero attached hydrogens (tertiary/aromatic N) is 1. The third-order valence-corrected chi connectivity index (χ3v) is 5.20. The number of thiazole rings is 1. The van der Waals surface area contributed by atoms with E-state index in [1.165, 1.54) is 16.9 Å². The van der Waals surface area contributed by atoms with Crippen LogP contribution >= 0.6 is 11.3 Å². The minimum absolute atomic E-state index is 0.116. The van der Waals surface area contributed by atoms with Crippen LogP contribution in [0.2, 0.25) is 0 Å². The predicted molar refractivity (Wildman–Crippen MR) is 115 cm³/mol. The molecule has 0 saturated carbocycles. The number of benzene rings is 2. The Morgan fingerprint density at radius 1 is 1.18 bits per heavy atom. The molecule has 0 aliphatic rings. The number of carbonyl (C=O) groups is 1. The molecule has 1 heterocycles. The molecule has 0 radical (unpaired) electrons. The molecule has 1 amide bonds. The average Bonchev–Trinajstić information content (AvgIpc) is 3.17. The number of aryl methyl sites for hydroxylation is 1. The van der Waals surface area contributed by atoms with Crippen LogP contribution in [0.15, 0.2) is 53.9 Å². The highest BCUT2D eigenvalue weighted by Crippen LogP contribution is 2.27. The lowest BCUT2D eigenvalue weighted by atomic mass is 10.1. The topological polar surface area (TPSA) is 51.2 Å². The second-order valence-electron chi connectivity index (χ2n) is 7.28. The Morgan fingerprint density at radius 2 is 2.00 bits per heavy atom. The van der Waals surface area contributed by atoms with E-state index in [0.717, 1.165) is 28.3 Å². The molecule has 0 bridgehead atoms. The van der Waals surface area contributed by atoms with Gasteiger partial charge in [-0.2, -0.15) is 0 Å². The Labute approximate surface area is 170 Å². The van der Waals surface area contributed by atoms with Crippen molar-refractivity contribution < 1.29 is 9.53 Å². The molecule has 0 aliphatic carbocycles. The monoisotopic (exact) mass is 394 g/mol. The maximum absolute atomic E-state index is 12.2. The van der Waals surface area contributed by atoms with Gasteiger partial charge in [-0.1, -0.05) is 55.8 Å². The molecule has 1 aromatic heterocycles. The summed E-state index contributed by atoms with van der Waals surface area (Å²) in [5.41, 5.74) is 3.78. The Hall–Kier alpha value is -2.66. The van der Waals surface area contributed by atoms with Crippen LogP contribution in [-0.4, -0.2) is 17.4 Å². The smallest absolute Gasteiger partial charge is 0.270 e. The largest absolute Gasteiger partial charge is 0.489 e. The fourth-order valence-corrected chi connectivity index (χ4v) is 3.56. The predicted octanol–water partition coefficient (Wildman–Crippen LogP) is 5.47. The number of carbonyl (C=O) groups excluding carboxylic acids is 1. The lowest BCUT2D eigenvalue weighted by Gasteiger charge is -2.08. The van der Waals surface area contributed by atoms with Crippen LogP contribution in [0, 0.1) is 12.8 Å². The van der Waals surface area contributed by atoms with Crippen LogP contribution < -0.4 is 10.1 Å². The highest BCUT2D eigenvalue weighted by Gasteiger charge is 2.12. The average molecular weight is 395 g/mol. The summed E-state index contributed by atoms with van der Waals surface area (Å²) in [6, 6.07) is 16.1. The lowest BCUT2D eigenvalue weighted by Crippen LogP contribution is -2.25. The maximum atomic E-state index is 12.2. The van der Waals surface area contributed by atoms with Crippen LogP contribution in [0.4, 0.5) is 0 Å². The van der Waals surface area contributed by atoms with Gasteiger partial charge in [0.25, 0.3) is 5.91 Å². The number of nitrogens with one attached hydrogen (secondary N) is 1. The van der Waals surface area contributed by atoms with Crippen LogP contribution in [-0.2, 0) is 6.61 Å². The summed E-state index contributed by atoms with van der Waals surface area (Å²) >= 11 is 1.47. The highest BCUT2D eigenvalue weighted by atomic mass is 32.1. The molecule has 0 saturated heterocycles. The zero-order valence-corrected chi connectivity index (χ0v) is 17.4. The molecular formula is C23H26N2O2S. The van der Waals surface area contributed by atoms with E-state index >= 15 is 0 Å². The molecule has 0 atom stereocenters. The van der Waals surface area contributed by atoms with Crippen molar-refractivity contribution in [3.8, 4) is 16.3 Å². The summed E-state index contributed by atoms with van der Waals surface area (Å²) in [6.07, 6.45) is 0.961. The van der Waals surface area contributed by atoms with Crippen molar-refractivity contribution in [3.63, 3.8) is 0 Å². The standard InChI is InChI=1S/C23H26N2O2S/c1-16(2)10-11-24-22(26)21-15-28-23(25-21)19-8-5-9-20(13-19)27-14-18-7-4-6-17(3)12-18/h4-9,12-13,15-16H,10-11,14H2,1-3H3,(H,24,26). The van der Waals surface area contributed by atoms with Crippen molar-refractivity contribution >= 4 is 17.2 Å². The minimum atomic E-state index is -0.116. The normalized spacial score (nSPS) is 10.9. The first kappa shape index (κ1) is 20.1. The van der Waals surface area contributed by atoms with E-state index in [-0.39, 0.29) is 5.91 Å². The number of amides is 1. The van der Waals surface area contributed by atoms with E-state index in [1.807, 2.05) is 30.3 Å². The van der Waals surface area contributed by atoms with Gasteiger partial charge in [0.15, 0.2) is 0 Å². The molecule has 2 aromatic carbocycles. The fraction of sp³-hybridized carbons (Fsp3) is 0.304. The second kappa shape index (κ2) is 9.51. The first-order chi connectivity index (χ1) is 13.5. The summed E-state index contributed by atoms with van der Waals surface area (Å²) in [4.78, 5) is 16.7. The van der Waals surface area contributed by atoms with Crippen molar-refractivity contribution in [1.29, 1.82) is 0 Å². The Bertz CT molecular complexity index is 934. The van der Waals surface area contributed by atoms with Gasteiger partial charge in [0, 0.05) is 17.5 Å². The summed E-state index contributed by atoms with van der Waals surface area (Å²) < 4.78 is 5.94. The van der Waals surface area contributed by atoms with Crippen molar-refractivity contribution in [1.82, 2.24) is 10.3 Å². The third kappa shape index (κ3) is 5.67. The fourth-order valence-electron chi connectivity index (χ4n) is 2.76. The van der Waals surface area contributed by atoms with Crippen molar-refractivity contribution in [2.24, 2.45) is 5.92 Å². The zero-order valence-electron chi connectivity index (χ0n) is 16.6. The van der Waals surface area contributed by atoms with Crippen LogP contribution in [0.5, 0.6) is 5.75 Å². The molecule has 0 unspecified atom stereocenters. The molecule has 0 fully saturated rings. The van der Waals surface area contributed by atoms with Crippen molar-refractivity contribution in [2.75, 3.05) is 6.54 Å². The number of aromatic nitrogens is 1. The molecule has 5 heteroatoms.